The van der Waals surface area contributed by atoms with Crippen molar-refractivity contribution in [2.75, 3.05) is 88.9 Å². The average Bonchev–Trinajstić information content (AvgIpc) is 3.45. The second-order valence-electron chi connectivity index (χ2n) is 13.5. The van der Waals surface area contributed by atoms with Gasteiger partial charge >= 0.3 is 6.18 Å². The number of fused-ring (bicyclic) bond motifs is 1. The second kappa shape index (κ2) is 15.8. The van der Waals surface area contributed by atoms with Crippen LogP contribution >= 0.6 is 11.8 Å². The molecule has 0 aliphatic carbocycles. The predicted octanol–water partition coefficient (Wildman–Crippen LogP) is 3.33. The zero-order valence-corrected chi connectivity index (χ0v) is 30.7. The van der Waals surface area contributed by atoms with Crippen molar-refractivity contribution < 1.29 is 31.5 Å². The molecule has 11 nitrogen and oxygen atoms in total. The van der Waals surface area contributed by atoms with Gasteiger partial charge in [-0.1, -0.05) is 24.3 Å². The van der Waals surface area contributed by atoms with Crippen LogP contribution in [0.1, 0.15) is 23.7 Å². The number of aliphatic hydroxyl groups excluding tert-OH is 1. The van der Waals surface area contributed by atoms with Crippen LogP contribution in [0.3, 0.4) is 0 Å². The Morgan fingerprint density at radius 1 is 0.941 bits per heavy atom. The fourth-order valence-electron chi connectivity index (χ4n) is 7.11. The molecule has 51 heavy (non-hydrogen) atoms. The van der Waals surface area contributed by atoms with Crippen LogP contribution < -0.4 is 4.90 Å². The summed E-state index contributed by atoms with van der Waals surface area (Å²) in [4.78, 5) is 20.2. The van der Waals surface area contributed by atoms with Gasteiger partial charge in [0.1, 0.15) is 0 Å². The minimum absolute atomic E-state index is 0.0204. The number of aliphatic hydroxyl groups is 1. The standard InChI is InChI=1S/C35H46F3N7O4S2/c1-26(46)42-16-12-40(13-17-42)20-21-50-33-22-27(8-9-31(33)35(36,37)38)34-30-25-44(51(2,48)49)11-10-32(30)45(39-34)24-29(47)23-41-14-18-43(19-15-41)28-6-4-3-5-7-28/h3-9,22,29,47H,10-21,23-25H2,1-2H3. The summed E-state index contributed by atoms with van der Waals surface area (Å²) in [5, 5.41) is 16.1. The summed E-state index contributed by atoms with van der Waals surface area (Å²) < 4.78 is 70.8. The van der Waals surface area contributed by atoms with Gasteiger partial charge in [0.2, 0.25) is 15.9 Å². The van der Waals surface area contributed by atoms with Gasteiger partial charge in [0.15, 0.2) is 0 Å². The fourth-order valence-corrected chi connectivity index (χ4v) is 9.01. The number of benzene rings is 2. The first-order valence-corrected chi connectivity index (χ1v) is 20.2. The van der Waals surface area contributed by atoms with Gasteiger partial charge in [0.05, 0.1) is 30.2 Å². The van der Waals surface area contributed by atoms with E-state index in [1.165, 1.54) is 29.0 Å². The molecule has 2 fully saturated rings. The Kier molecular flexibility index (Phi) is 11.7. The maximum Gasteiger partial charge on any atom is 0.417 e. The fraction of sp³-hybridized carbons (Fsp3) is 0.543. The summed E-state index contributed by atoms with van der Waals surface area (Å²) in [5.41, 5.74) is 2.78. The number of hydrogen-bond acceptors (Lipinski definition) is 9. The monoisotopic (exact) mass is 749 g/mol. The molecule has 0 saturated carbocycles. The van der Waals surface area contributed by atoms with E-state index in [9.17, 15) is 31.5 Å². The second-order valence-corrected chi connectivity index (χ2v) is 16.6. The summed E-state index contributed by atoms with van der Waals surface area (Å²) >= 11 is 1.13. The van der Waals surface area contributed by atoms with Crippen LogP contribution in [-0.2, 0) is 40.5 Å². The molecule has 1 amide bonds. The molecule has 16 heteroatoms. The van der Waals surface area contributed by atoms with Crippen LogP contribution in [0.4, 0.5) is 18.9 Å². The van der Waals surface area contributed by atoms with E-state index in [4.69, 9.17) is 5.10 Å². The Morgan fingerprint density at radius 3 is 2.27 bits per heavy atom. The van der Waals surface area contributed by atoms with Gasteiger partial charge in [0.25, 0.3) is 0 Å². The van der Waals surface area contributed by atoms with Crippen LogP contribution in [0.5, 0.6) is 0 Å². The zero-order chi connectivity index (χ0) is 36.3. The lowest BCUT2D eigenvalue weighted by molar-refractivity contribution is -0.139. The molecular formula is C35H46F3N7O4S2. The van der Waals surface area contributed by atoms with Crippen LogP contribution in [0.15, 0.2) is 53.4 Å². The molecule has 1 N–H and O–H groups in total. The van der Waals surface area contributed by atoms with Crippen molar-refractivity contribution in [3.05, 3.63) is 65.4 Å². The lowest BCUT2D eigenvalue weighted by Gasteiger charge is -2.37. The molecule has 4 heterocycles. The van der Waals surface area contributed by atoms with E-state index < -0.39 is 27.9 Å². The first kappa shape index (κ1) is 37.6. The highest BCUT2D eigenvalue weighted by atomic mass is 32.2. The molecule has 2 aromatic carbocycles. The highest BCUT2D eigenvalue weighted by molar-refractivity contribution is 7.99. The molecule has 1 unspecified atom stereocenters. The molecule has 278 valence electrons. The summed E-state index contributed by atoms with van der Waals surface area (Å²) in [5.74, 6) is 0.444. The number of carbonyl (C=O) groups excluding carboxylic acids is 1. The number of anilines is 1. The Hall–Kier alpha value is -3.15. The minimum atomic E-state index is -4.56. The largest absolute Gasteiger partial charge is 0.417 e. The van der Waals surface area contributed by atoms with Crippen molar-refractivity contribution in [3.8, 4) is 11.3 Å². The maximum absolute atomic E-state index is 14.2. The van der Waals surface area contributed by atoms with E-state index in [1.54, 1.807) is 9.58 Å². The van der Waals surface area contributed by atoms with Gasteiger partial charge in [-0.2, -0.15) is 22.6 Å². The van der Waals surface area contributed by atoms with Crippen molar-refractivity contribution in [2.24, 2.45) is 0 Å². The topological polar surface area (TPSA) is 105 Å². The molecule has 1 aromatic heterocycles. The van der Waals surface area contributed by atoms with Gasteiger partial charge in [-0.05, 0) is 24.3 Å². The van der Waals surface area contributed by atoms with E-state index in [0.29, 0.717) is 68.3 Å². The molecule has 3 aliphatic heterocycles. The van der Waals surface area contributed by atoms with E-state index in [1.807, 2.05) is 18.2 Å². The molecular weight excluding hydrogens is 704 g/mol. The molecule has 0 spiro atoms. The third-order valence-electron chi connectivity index (χ3n) is 9.96. The predicted molar refractivity (Wildman–Crippen MR) is 192 cm³/mol. The molecule has 1 atom stereocenters. The molecule has 3 aliphatic rings. The number of hydrogen-bond donors (Lipinski definition) is 1. The highest BCUT2D eigenvalue weighted by Gasteiger charge is 2.35. The van der Waals surface area contributed by atoms with E-state index in [2.05, 4.69) is 26.8 Å². The Morgan fingerprint density at radius 2 is 1.63 bits per heavy atom. The van der Waals surface area contributed by atoms with E-state index >= 15 is 0 Å². The van der Waals surface area contributed by atoms with Gasteiger partial charge < -0.3 is 14.9 Å². The molecule has 3 aromatic rings. The van der Waals surface area contributed by atoms with Crippen LogP contribution in [-0.4, -0.2) is 138 Å². The number of thioether (sulfide) groups is 1. The van der Waals surface area contributed by atoms with Crippen molar-refractivity contribution in [2.45, 2.75) is 43.6 Å². The lowest BCUT2D eigenvalue weighted by atomic mass is 10.0. The highest BCUT2D eigenvalue weighted by Crippen LogP contribution is 2.40. The number of nitrogens with zero attached hydrogens (tertiary/aromatic N) is 7. The van der Waals surface area contributed by atoms with E-state index in [-0.39, 0.29) is 30.4 Å². The molecule has 6 rings (SSSR count). The van der Waals surface area contributed by atoms with Crippen molar-refractivity contribution >= 4 is 33.4 Å². The number of amides is 1. The molecule has 0 radical (unpaired) electrons. The quantitative estimate of drug-likeness (QED) is 0.296. The number of aromatic nitrogens is 2. The number of carbonyl (C=O) groups is 1. The Bertz CT molecular complexity index is 1780. The molecule has 0 bridgehead atoms. The molecule has 2 saturated heterocycles. The zero-order valence-electron chi connectivity index (χ0n) is 29.1. The van der Waals surface area contributed by atoms with Crippen LogP contribution in [0.2, 0.25) is 0 Å². The van der Waals surface area contributed by atoms with Crippen molar-refractivity contribution in [1.82, 2.24) is 28.8 Å². The van der Waals surface area contributed by atoms with E-state index in [0.717, 1.165) is 56.0 Å². The van der Waals surface area contributed by atoms with Crippen LogP contribution in [0.25, 0.3) is 11.3 Å². The van der Waals surface area contributed by atoms with Gasteiger partial charge in [-0.3, -0.25) is 19.3 Å². The number of halogens is 3. The lowest BCUT2D eigenvalue weighted by Crippen LogP contribution is -2.49. The number of alkyl halides is 3. The van der Waals surface area contributed by atoms with Crippen molar-refractivity contribution in [3.63, 3.8) is 0 Å². The van der Waals surface area contributed by atoms with Gasteiger partial charge in [-0.15, -0.1) is 11.8 Å². The smallest absolute Gasteiger partial charge is 0.390 e. The average molecular weight is 750 g/mol. The number of rotatable bonds is 11. The SMILES string of the molecule is CC(=O)N1CCN(CCSc2cc(-c3nn(CC(O)CN4CCN(c5ccccc5)CC4)c4c3CN(S(C)(=O)=O)CC4)ccc2C(F)(F)F)CC1. The summed E-state index contributed by atoms with van der Waals surface area (Å²) in [7, 11) is -3.53. The van der Waals surface area contributed by atoms with Gasteiger partial charge in [-0.25, -0.2) is 8.42 Å². The summed E-state index contributed by atoms with van der Waals surface area (Å²) in [6.45, 7) is 8.82. The Labute approximate surface area is 302 Å². The third-order valence-corrected chi connectivity index (χ3v) is 12.2. The first-order chi connectivity index (χ1) is 24.3. The minimum Gasteiger partial charge on any atom is -0.390 e. The number of β-amino-alcohol motifs (C(OH)–C–C–N with tert-alkyl or cyclic N) is 1. The number of para-hydroxylation sites is 1. The maximum atomic E-state index is 14.2. The normalized spacial score (nSPS) is 18.9. The number of piperazine rings is 2. The van der Waals surface area contributed by atoms with Crippen molar-refractivity contribution in [1.29, 1.82) is 0 Å². The summed E-state index contributed by atoms with van der Waals surface area (Å²) in [6.07, 6.45) is -3.79. The van der Waals surface area contributed by atoms with Crippen LogP contribution in [0, 0.1) is 0 Å². The van der Waals surface area contributed by atoms with Gasteiger partial charge in [0, 0.05) is 125 Å². The number of sulfonamides is 1. The first-order valence-electron chi connectivity index (χ1n) is 17.3. The Balaban J connectivity index is 1.19. The summed E-state index contributed by atoms with van der Waals surface area (Å²) in [6, 6.07) is 14.2. The third kappa shape index (κ3) is 9.27.